The molecule has 2 N–H and O–H groups in total. The van der Waals surface area contributed by atoms with Crippen LogP contribution in [-0.4, -0.2) is 18.3 Å². The van der Waals surface area contributed by atoms with E-state index in [1.165, 1.54) is 6.07 Å². The summed E-state index contributed by atoms with van der Waals surface area (Å²) in [6.45, 7) is 6.81. The van der Waals surface area contributed by atoms with Crippen LogP contribution in [0.5, 0.6) is 0 Å². The summed E-state index contributed by atoms with van der Waals surface area (Å²) in [5.41, 5.74) is 1.55. The van der Waals surface area contributed by atoms with E-state index in [0.717, 1.165) is 12.1 Å². The van der Waals surface area contributed by atoms with E-state index in [0.29, 0.717) is 11.5 Å². The Labute approximate surface area is 96.5 Å². The predicted octanol–water partition coefficient (Wildman–Crippen LogP) is 2.41. The average Bonchev–Trinajstić information content (AvgIpc) is 2.23. The summed E-state index contributed by atoms with van der Waals surface area (Å²) in [5, 5.41) is 12.6. The van der Waals surface area contributed by atoms with Crippen LogP contribution in [0.3, 0.4) is 0 Å². The Kier molecular flexibility index (Phi) is 4.90. The first-order valence-corrected chi connectivity index (χ1v) is 5.65. The van der Waals surface area contributed by atoms with Gasteiger partial charge < -0.3 is 10.4 Å². The van der Waals surface area contributed by atoms with Gasteiger partial charge in [-0.05, 0) is 36.6 Å². The highest BCUT2D eigenvalue weighted by atomic mass is 19.1. The summed E-state index contributed by atoms with van der Waals surface area (Å²) in [5.74, 6) is 0.319. The molecule has 0 aromatic heterocycles. The maximum atomic E-state index is 13.1. The summed E-state index contributed by atoms with van der Waals surface area (Å²) in [4.78, 5) is 0. The molecule has 1 aromatic rings. The van der Waals surface area contributed by atoms with Crippen molar-refractivity contribution in [2.75, 3.05) is 13.2 Å². The van der Waals surface area contributed by atoms with Crippen molar-refractivity contribution in [2.45, 2.75) is 26.8 Å². The molecule has 0 bridgehead atoms. The molecule has 0 aliphatic heterocycles. The van der Waals surface area contributed by atoms with Crippen LogP contribution in [0, 0.1) is 18.7 Å². The largest absolute Gasteiger partial charge is 0.394 e. The Hall–Kier alpha value is -0.930. The number of rotatable bonds is 5. The highest BCUT2D eigenvalue weighted by molar-refractivity contribution is 5.26. The van der Waals surface area contributed by atoms with Crippen LogP contribution in [0.25, 0.3) is 0 Å². The summed E-state index contributed by atoms with van der Waals surface area (Å²) in [6.07, 6.45) is 0. The maximum Gasteiger partial charge on any atom is 0.126 e. The first kappa shape index (κ1) is 13.1. The summed E-state index contributed by atoms with van der Waals surface area (Å²) in [6, 6.07) is 4.84. The molecule has 3 heteroatoms. The van der Waals surface area contributed by atoms with Gasteiger partial charge in [-0.3, -0.25) is 0 Å². The molecular weight excluding hydrogens is 205 g/mol. The van der Waals surface area contributed by atoms with E-state index in [4.69, 9.17) is 0 Å². The monoisotopic (exact) mass is 225 g/mol. The molecule has 1 unspecified atom stereocenters. The van der Waals surface area contributed by atoms with Gasteiger partial charge in [-0.1, -0.05) is 26.0 Å². The van der Waals surface area contributed by atoms with Gasteiger partial charge in [-0.2, -0.15) is 0 Å². The van der Waals surface area contributed by atoms with Gasteiger partial charge in [0, 0.05) is 0 Å². The van der Waals surface area contributed by atoms with E-state index in [1.807, 2.05) is 0 Å². The number of aliphatic hydroxyl groups excluding tert-OH is 1. The smallest absolute Gasteiger partial charge is 0.126 e. The van der Waals surface area contributed by atoms with Crippen LogP contribution in [0.4, 0.5) is 4.39 Å². The van der Waals surface area contributed by atoms with E-state index in [1.54, 1.807) is 19.1 Å². The van der Waals surface area contributed by atoms with E-state index >= 15 is 0 Å². The molecule has 0 spiro atoms. The standard InChI is InChI=1S/C13H20FNO/c1-9(2)7-15-13(8-16)11-4-5-12(14)10(3)6-11/h4-6,9,13,15-16H,7-8H2,1-3H3. The lowest BCUT2D eigenvalue weighted by atomic mass is 10.0. The molecule has 1 aromatic carbocycles. The van der Waals surface area contributed by atoms with Crippen molar-refractivity contribution in [1.29, 1.82) is 0 Å². The van der Waals surface area contributed by atoms with Gasteiger partial charge in [0.25, 0.3) is 0 Å². The Morgan fingerprint density at radius 2 is 2.06 bits per heavy atom. The molecule has 0 amide bonds. The van der Waals surface area contributed by atoms with E-state index in [-0.39, 0.29) is 18.5 Å². The van der Waals surface area contributed by atoms with Crippen LogP contribution in [0.1, 0.15) is 31.0 Å². The fourth-order valence-corrected chi connectivity index (χ4v) is 1.55. The fraction of sp³-hybridized carbons (Fsp3) is 0.538. The zero-order valence-corrected chi connectivity index (χ0v) is 10.1. The second-order valence-electron chi connectivity index (χ2n) is 4.55. The maximum absolute atomic E-state index is 13.1. The summed E-state index contributed by atoms with van der Waals surface area (Å²) < 4.78 is 13.1. The highest BCUT2D eigenvalue weighted by Gasteiger charge is 2.11. The third kappa shape index (κ3) is 3.58. The number of nitrogens with one attached hydrogen (secondary N) is 1. The third-order valence-corrected chi connectivity index (χ3v) is 2.54. The number of hydrogen-bond donors (Lipinski definition) is 2. The van der Waals surface area contributed by atoms with Crippen molar-refractivity contribution in [2.24, 2.45) is 5.92 Å². The van der Waals surface area contributed by atoms with Gasteiger partial charge >= 0.3 is 0 Å². The molecule has 0 radical (unpaired) electrons. The van der Waals surface area contributed by atoms with Gasteiger partial charge in [-0.15, -0.1) is 0 Å². The summed E-state index contributed by atoms with van der Waals surface area (Å²) in [7, 11) is 0. The molecule has 16 heavy (non-hydrogen) atoms. The van der Waals surface area contributed by atoms with Crippen LogP contribution in [0.15, 0.2) is 18.2 Å². The van der Waals surface area contributed by atoms with Crippen LogP contribution < -0.4 is 5.32 Å². The number of aryl methyl sites for hydroxylation is 1. The van der Waals surface area contributed by atoms with Gasteiger partial charge in [0.15, 0.2) is 0 Å². The molecule has 90 valence electrons. The van der Waals surface area contributed by atoms with Gasteiger partial charge in [0.1, 0.15) is 5.82 Å². The summed E-state index contributed by atoms with van der Waals surface area (Å²) >= 11 is 0. The Morgan fingerprint density at radius 1 is 1.38 bits per heavy atom. The molecule has 0 saturated heterocycles. The fourth-order valence-electron chi connectivity index (χ4n) is 1.55. The molecule has 1 rings (SSSR count). The number of hydrogen-bond acceptors (Lipinski definition) is 2. The van der Waals surface area contributed by atoms with Crippen LogP contribution in [-0.2, 0) is 0 Å². The topological polar surface area (TPSA) is 32.3 Å². The number of halogens is 1. The van der Waals surface area contributed by atoms with Crippen molar-refractivity contribution in [3.8, 4) is 0 Å². The lowest BCUT2D eigenvalue weighted by Gasteiger charge is -2.18. The molecule has 0 fully saturated rings. The van der Waals surface area contributed by atoms with Crippen molar-refractivity contribution in [3.05, 3.63) is 35.1 Å². The predicted molar refractivity (Wildman–Crippen MR) is 63.8 cm³/mol. The SMILES string of the molecule is Cc1cc(C(CO)NCC(C)C)ccc1F. The molecular formula is C13H20FNO. The minimum absolute atomic E-state index is 0.0256. The minimum Gasteiger partial charge on any atom is -0.394 e. The second-order valence-corrected chi connectivity index (χ2v) is 4.55. The van der Waals surface area contributed by atoms with E-state index < -0.39 is 0 Å². The van der Waals surface area contributed by atoms with Crippen molar-refractivity contribution in [3.63, 3.8) is 0 Å². The molecule has 2 nitrogen and oxygen atoms in total. The molecule has 0 heterocycles. The zero-order chi connectivity index (χ0) is 12.1. The molecule has 1 atom stereocenters. The van der Waals surface area contributed by atoms with Crippen LogP contribution >= 0.6 is 0 Å². The molecule has 0 aliphatic rings. The third-order valence-electron chi connectivity index (χ3n) is 2.54. The average molecular weight is 225 g/mol. The quantitative estimate of drug-likeness (QED) is 0.806. The lowest BCUT2D eigenvalue weighted by molar-refractivity contribution is 0.241. The number of aliphatic hydroxyl groups is 1. The van der Waals surface area contributed by atoms with Gasteiger partial charge in [0.05, 0.1) is 12.6 Å². The van der Waals surface area contributed by atoms with Crippen molar-refractivity contribution in [1.82, 2.24) is 5.32 Å². The van der Waals surface area contributed by atoms with E-state index in [2.05, 4.69) is 19.2 Å². The van der Waals surface area contributed by atoms with E-state index in [9.17, 15) is 9.50 Å². The van der Waals surface area contributed by atoms with Gasteiger partial charge in [-0.25, -0.2) is 4.39 Å². The second kappa shape index (κ2) is 5.97. The first-order valence-electron chi connectivity index (χ1n) is 5.65. The normalized spacial score (nSPS) is 13.1. The lowest BCUT2D eigenvalue weighted by Crippen LogP contribution is -2.28. The van der Waals surface area contributed by atoms with Crippen molar-refractivity contribution >= 4 is 0 Å². The molecule has 0 aliphatic carbocycles. The number of benzene rings is 1. The Bertz CT molecular complexity index is 339. The highest BCUT2D eigenvalue weighted by Crippen LogP contribution is 2.16. The van der Waals surface area contributed by atoms with Crippen LogP contribution in [0.2, 0.25) is 0 Å². The Morgan fingerprint density at radius 3 is 2.56 bits per heavy atom. The van der Waals surface area contributed by atoms with Crippen molar-refractivity contribution < 1.29 is 9.50 Å². The molecule has 0 saturated carbocycles. The zero-order valence-electron chi connectivity index (χ0n) is 10.1. The van der Waals surface area contributed by atoms with Gasteiger partial charge in [0.2, 0.25) is 0 Å². The minimum atomic E-state index is -0.204. The Balaban J connectivity index is 2.74. The first-order chi connectivity index (χ1) is 7.54.